The van der Waals surface area contributed by atoms with Crippen LogP contribution in [0.5, 0.6) is 0 Å². The van der Waals surface area contributed by atoms with Crippen LogP contribution in [0.1, 0.15) is 33.1 Å². The molecule has 1 spiro atoms. The average Bonchev–Trinajstić information content (AvgIpc) is 1.94. The maximum atomic E-state index is 5.63. The van der Waals surface area contributed by atoms with E-state index >= 15 is 0 Å². The van der Waals surface area contributed by atoms with Gasteiger partial charge >= 0.3 is 0 Å². The van der Waals surface area contributed by atoms with Gasteiger partial charge in [0.05, 0.1) is 5.76 Å². The molecule has 0 bridgehead atoms. The maximum absolute atomic E-state index is 5.63. The molecule has 0 atom stereocenters. The van der Waals surface area contributed by atoms with E-state index in [1.54, 1.807) is 0 Å². The molecule has 1 heteroatoms. The standard InChI is InChI=1S/C11H16O/c1-4-10(5-2)7-11(8-10)6-9(3)12-11/h4,6H,1,5,7-8H2,2-3H3. The van der Waals surface area contributed by atoms with Gasteiger partial charge in [-0.3, -0.25) is 0 Å². The van der Waals surface area contributed by atoms with Gasteiger partial charge in [0, 0.05) is 12.8 Å². The molecule has 0 N–H and O–H groups in total. The molecular weight excluding hydrogens is 148 g/mol. The predicted octanol–water partition coefficient (Wildman–Crippen LogP) is 3.04. The number of ether oxygens (including phenoxy) is 1. The van der Waals surface area contributed by atoms with Gasteiger partial charge < -0.3 is 4.74 Å². The maximum Gasteiger partial charge on any atom is 0.132 e. The summed E-state index contributed by atoms with van der Waals surface area (Å²) >= 11 is 0. The van der Waals surface area contributed by atoms with Crippen LogP contribution in [0.4, 0.5) is 0 Å². The van der Waals surface area contributed by atoms with Gasteiger partial charge in [-0.2, -0.15) is 0 Å². The van der Waals surface area contributed by atoms with E-state index < -0.39 is 0 Å². The Hall–Kier alpha value is -0.720. The van der Waals surface area contributed by atoms with Gasteiger partial charge in [0.2, 0.25) is 0 Å². The summed E-state index contributed by atoms with van der Waals surface area (Å²) in [5.74, 6) is 1.09. The minimum absolute atomic E-state index is 0.119. The van der Waals surface area contributed by atoms with Gasteiger partial charge in [0.1, 0.15) is 5.60 Å². The molecule has 0 aromatic rings. The predicted molar refractivity (Wildman–Crippen MR) is 49.7 cm³/mol. The van der Waals surface area contributed by atoms with E-state index in [2.05, 4.69) is 25.7 Å². The Morgan fingerprint density at radius 2 is 2.25 bits per heavy atom. The highest BCUT2D eigenvalue weighted by molar-refractivity contribution is 5.27. The van der Waals surface area contributed by atoms with E-state index in [0.717, 1.165) is 18.6 Å². The number of rotatable bonds is 2. The molecule has 0 unspecified atom stereocenters. The minimum atomic E-state index is 0.119. The summed E-state index contributed by atoms with van der Waals surface area (Å²) in [4.78, 5) is 0. The zero-order valence-electron chi connectivity index (χ0n) is 7.89. The molecule has 0 radical (unpaired) electrons. The van der Waals surface area contributed by atoms with E-state index in [-0.39, 0.29) is 5.60 Å². The van der Waals surface area contributed by atoms with Crippen LogP contribution in [0.3, 0.4) is 0 Å². The molecule has 1 fully saturated rings. The summed E-state index contributed by atoms with van der Waals surface area (Å²) in [6, 6.07) is 0. The van der Waals surface area contributed by atoms with Crippen molar-refractivity contribution in [2.24, 2.45) is 5.41 Å². The Morgan fingerprint density at radius 1 is 1.67 bits per heavy atom. The normalized spacial score (nSPS) is 44.0. The number of allylic oxidation sites excluding steroid dienone is 2. The fraction of sp³-hybridized carbons (Fsp3) is 0.636. The third-order valence-corrected chi connectivity index (χ3v) is 3.27. The Balaban J connectivity index is 2.03. The van der Waals surface area contributed by atoms with E-state index in [4.69, 9.17) is 4.74 Å². The summed E-state index contributed by atoms with van der Waals surface area (Å²) in [6.07, 6.45) is 7.82. The van der Waals surface area contributed by atoms with Crippen LogP contribution in [-0.2, 0) is 4.74 Å². The molecule has 0 saturated heterocycles. The highest BCUT2D eigenvalue weighted by atomic mass is 16.5. The molecule has 0 aromatic carbocycles. The van der Waals surface area contributed by atoms with Crippen molar-refractivity contribution >= 4 is 0 Å². The van der Waals surface area contributed by atoms with Gasteiger partial charge in [-0.15, -0.1) is 6.58 Å². The molecular formula is C11H16O. The van der Waals surface area contributed by atoms with Crippen LogP contribution >= 0.6 is 0 Å². The molecule has 1 nitrogen and oxygen atoms in total. The Labute approximate surface area is 74.1 Å². The molecule has 0 aromatic heterocycles. The molecule has 2 aliphatic rings. The Morgan fingerprint density at radius 3 is 2.58 bits per heavy atom. The second kappa shape index (κ2) is 2.15. The number of hydrogen-bond acceptors (Lipinski definition) is 1. The molecule has 0 amide bonds. The van der Waals surface area contributed by atoms with Gasteiger partial charge in [0.25, 0.3) is 0 Å². The smallest absolute Gasteiger partial charge is 0.132 e. The van der Waals surface area contributed by atoms with E-state index in [1.807, 2.05) is 6.92 Å². The van der Waals surface area contributed by atoms with Crippen LogP contribution in [0.25, 0.3) is 0 Å². The summed E-state index contributed by atoms with van der Waals surface area (Å²) in [5, 5.41) is 0. The molecule has 66 valence electrons. The lowest BCUT2D eigenvalue weighted by atomic mass is 9.56. The van der Waals surface area contributed by atoms with Crippen LogP contribution in [0.2, 0.25) is 0 Å². The Bertz CT molecular complexity index is 244. The van der Waals surface area contributed by atoms with Crippen molar-refractivity contribution in [3.8, 4) is 0 Å². The molecule has 1 aliphatic carbocycles. The monoisotopic (exact) mass is 164 g/mol. The zero-order chi connectivity index (χ0) is 8.82. The second-order valence-electron chi connectivity index (χ2n) is 4.20. The van der Waals surface area contributed by atoms with Crippen LogP contribution in [-0.4, -0.2) is 5.60 Å². The molecule has 1 heterocycles. The first-order valence-corrected chi connectivity index (χ1v) is 4.66. The van der Waals surface area contributed by atoms with Crippen molar-refractivity contribution in [1.82, 2.24) is 0 Å². The van der Waals surface area contributed by atoms with Crippen LogP contribution in [0.15, 0.2) is 24.5 Å². The highest BCUT2D eigenvalue weighted by Gasteiger charge is 2.56. The molecule has 2 rings (SSSR count). The topological polar surface area (TPSA) is 9.23 Å². The fourth-order valence-corrected chi connectivity index (χ4v) is 2.54. The van der Waals surface area contributed by atoms with Crippen molar-refractivity contribution < 1.29 is 4.74 Å². The quantitative estimate of drug-likeness (QED) is 0.570. The number of hydrogen-bond donors (Lipinski definition) is 0. The highest BCUT2D eigenvalue weighted by Crippen LogP contribution is 2.58. The lowest BCUT2D eigenvalue weighted by molar-refractivity contribution is -0.124. The molecule has 1 saturated carbocycles. The lowest BCUT2D eigenvalue weighted by Crippen LogP contribution is -2.54. The van der Waals surface area contributed by atoms with Crippen molar-refractivity contribution in [1.29, 1.82) is 0 Å². The van der Waals surface area contributed by atoms with Gasteiger partial charge in [-0.1, -0.05) is 13.0 Å². The van der Waals surface area contributed by atoms with Gasteiger partial charge in [-0.25, -0.2) is 0 Å². The van der Waals surface area contributed by atoms with E-state index in [0.29, 0.717) is 5.41 Å². The second-order valence-corrected chi connectivity index (χ2v) is 4.20. The zero-order valence-corrected chi connectivity index (χ0v) is 7.89. The third kappa shape index (κ3) is 0.855. The van der Waals surface area contributed by atoms with E-state index in [9.17, 15) is 0 Å². The van der Waals surface area contributed by atoms with Crippen LogP contribution < -0.4 is 0 Å². The molecule has 12 heavy (non-hydrogen) atoms. The van der Waals surface area contributed by atoms with Crippen LogP contribution in [0, 0.1) is 5.41 Å². The van der Waals surface area contributed by atoms with Crippen molar-refractivity contribution in [3.63, 3.8) is 0 Å². The Kier molecular flexibility index (Phi) is 1.42. The third-order valence-electron chi connectivity index (χ3n) is 3.27. The first kappa shape index (κ1) is 7.90. The average molecular weight is 164 g/mol. The lowest BCUT2D eigenvalue weighted by Gasteiger charge is -2.57. The summed E-state index contributed by atoms with van der Waals surface area (Å²) in [7, 11) is 0. The summed E-state index contributed by atoms with van der Waals surface area (Å²) < 4.78 is 5.63. The minimum Gasteiger partial charge on any atom is -0.488 e. The van der Waals surface area contributed by atoms with Crippen molar-refractivity contribution in [3.05, 3.63) is 24.5 Å². The van der Waals surface area contributed by atoms with Gasteiger partial charge in [0.15, 0.2) is 0 Å². The van der Waals surface area contributed by atoms with Gasteiger partial charge in [-0.05, 0) is 24.8 Å². The van der Waals surface area contributed by atoms with Crippen molar-refractivity contribution in [2.45, 2.75) is 38.7 Å². The first-order chi connectivity index (χ1) is 5.64. The fourth-order valence-electron chi connectivity index (χ4n) is 2.54. The van der Waals surface area contributed by atoms with E-state index in [1.165, 1.54) is 6.42 Å². The first-order valence-electron chi connectivity index (χ1n) is 4.66. The SMILES string of the molecule is C=CC1(CC)CC2(C=C(C)O2)C1. The van der Waals surface area contributed by atoms with Crippen molar-refractivity contribution in [2.75, 3.05) is 0 Å². The summed E-state index contributed by atoms with van der Waals surface area (Å²) in [5.41, 5.74) is 0.492. The summed E-state index contributed by atoms with van der Waals surface area (Å²) in [6.45, 7) is 8.14. The largest absolute Gasteiger partial charge is 0.488 e. The molecule has 1 aliphatic heterocycles.